The van der Waals surface area contributed by atoms with Gasteiger partial charge in [-0.1, -0.05) is 31.4 Å². The zero-order valence-corrected chi connectivity index (χ0v) is 16.4. The smallest absolute Gasteiger partial charge is 0.283 e. The Morgan fingerprint density at radius 3 is 2.79 bits per heavy atom. The van der Waals surface area contributed by atoms with Gasteiger partial charge in [0.15, 0.2) is 11.3 Å². The Balaban J connectivity index is 1.51. The van der Waals surface area contributed by atoms with Crippen molar-refractivity contribution in [2.24, 2.45) is 16.0 Å². The molecule has 1 aromatic heterocycles. The average Bonchev–Trinajstić information content (AvgIpc) is 3.17. The molecule has 1 saturated carbocycles. The summed E-state index contributed by atoms with van der Waals surface area (Å²) in [6.07, 6.45) is 8.44. The third-order valence-corrected chi connectivity index (χ3v) is 6.50. The summed E-state index contributed by atoms with van der Waals surface area (Å²) >= 11 is 1.38. The van der Waals surface area contributed by atoms with E-state index >= 15 is 0 Å². The van der Waals surface area contributed by atoms with Crippen LogP contribution >= 0.6 is 11.8 Å². The Morgan fingerprint density at radius 2 is 1.97 bits per heavy atom. The summed E-state index contributed by atoms with van der Waals surface area (Å²) in [7, 11) is 0. The zero-order chi connectivity index (χ0) is 20.0. The number of fused-ring (bicyclic) bond motifs is 2. The largest absolute Gasteiger partial charge is 0.463 e. The molecule has 1 aliphatic carbocycles. The first-order chi connectivity index (χ1) is 14.1. The lowest BCUT2D eigenvalue weighted by molar-refractivity contribution is -0.114. The second-order valence-corrected chi connectivity index (χ2v) is 8.30. The molecule has 0 radical (unpaired) electrons. The fourth-order valence-electron chi connectivity index (χ4n) is 3.87. The van der Waals surface area contributed by atoms with Crippen molar-refractivity contribution >= 4 is 50.8 Å². The van der Waals surface area contributed by atoms with Crippen LogP contribution in [0.25, 0.3) is 17.0 Å². The Kier molecular flexibility index (Phi) is 4.43. The fraction of sp³-hybridized carbons (Fsp3) is 0.286. The number of hydrogen-bond acceptors (Lipinski definition) is 6. The summed E-state index contributed by atoms with van der Waals surface area (Å²) < 4.78 is 5.51. The Labute approximate surface area is 170 Å². The maximum atomic E-state index is 12.7. The lowest BCUT2D eigenvalue weighted by atomic mass is 9.90. The molecule has 8 heteroatoms. The minimum absolute atomic E-state index is 0.0329. The minimum atomic E-state index is -0.540. The van der Waals surface area contributed by atoms with E-state index in [4.69, 9.17) is 9.83 Å². The number of aliphatic imine (C=N–C) groups is 1. The van der Waals surface area contributed by atoms with Gasteiger partial charge in [-0.15, -0.1) is 0 Å². The number of amidine groups is 2. The van der Waals surface area contributed by atoms with Gasteiger partial charge in [0.25, 0.3) is 5.91 Å². The summed E-state index contributed by atoms with van der Waals surface area (Å²) in [5, 5.41) is 16.2. The highest BCUT2D eigenvalue weighted by atomic mass is 32.2. The van der Waals surface area contributed by atoms with Gasteiger partial charge in [-0.05, 0) is 42.8 Å². The van der Waals surface area contributed by atoms with Gasteiger partial charge in [-0.3, -0.25) is 15.0 Å². The molecule has 2 aliphatic heterocycles. The van der Waals surface area contributed by atoms with E-state index in [0.29, 0.717) is 22.1 Å². The molecule has 7 nitrogen and oxygen atoms in total. The van der Waals surface area contributed by atoms with Crippen LogP contribution in [0.1, 0.15) is 37.7 Å². The quantitative estimate of drug-likeness (QED) is 0.760. The van der Waals surface area contributed by atoms with Gasteiger partial charge in [0.1, 0.15) is 16.9 Å². The van der Waals surface area contributed by atoms with E-state index in [2.05, 4.69) is 10.1 Å². The van der Waals surface area contributed by atoms with Crippen LogP contribution in [0.5, 0.6) is 0 Å². The normalized spacial score (nSPS) is 21.5. The van der Waals surface area contributed by atoms with E-state index in [1.54, 1.807) is 24.3 Å². The molecule has 0 atom stereocenters. The van der Waals surface area contributed by atoms with Crippen LogP contribution in [0.3, 0.4) is 0 Å². The molecule has 0 bridgehead atoms. The molecule has 3 aliphatic rings. The van der Waals surface area contributed by atoms with Crippen LogP contribution in [0, 0.1) is 11.3 Å². The van der Waals surface area contributed by atoms with Crippen LogP contribution in [0.15, 0.2) is 55.4 Å². The highest BCUT2D eigenvalue weighted by Crippen LogP contribution is 2.36. The number of amides is 1. The molecule has 1 amide bonds. The molecule has 1 N–H and O–H groups in total. The van der Waals surface area contributed by atoms with Crippen molar-refractivity contribution in [3.05, 3.63) is 51.9 Å². The van der Waals surface area contributed by atoms with E-state index < -0.39 is 5.91 Å². The lowest BCUT2D eigenvalue weighted by Crippen LogP contribution is -2.35. The Morgan fingerprint density at radius 1 is 1.17 bits per heavy atom. The number of thioether (sulfide) groups is 1. The second kappa shape index (κ2) is 7.11. The third-order valence-electron chi connectivity index (χ3n) is 5.43. The van der Waals surface area contributed by atoms with E-state index in [0.717, 1.165) is 17.9 Å². The third kappa shape index (κ3) is 3.13. The highest BCUT2D eigenvalue weighted by Gasteiger charge is 2.38. The van der Waals surface area contributed by atoms with Crippen molar-refractivity contribution in [2.75, 3.05) is 0 Å². The average molecular weight is 406 g/mol. The van der Waals surface area contributed by atoms with Crippen LogP contribution in [-0.2, 0) is 4.79 Å². The monoisotopic (exact) mass is 406 g/mol. The van der Waals surface area contributed by atoms with Gasteiger partial charge in [-0.2, -0.15) is 15.1 Å². The summed E-state index contributed by atoms with van der Waals surface area (Å²) in [5.41, 5.74) is 0.462. The molecular weight excluding hydrogens is 388 g/mol. The number of para-hydroxylation sites is 1. The Bertz CT molecular complexity index is 1190. The van der Waals surface area contributed by atoms with Gasteiger partial charge in [0, 0.05) is 5.92 Å². The van der Waals surface area contributed by atoms with Crippen molar-refractivity contribution in [1.29, 1.82) is 5.41 Å². The van der Waals surface area contributed by atoms with Crippen molar-refractivity contribution in [2.45, 2.75) is 32.1 Å². The first-order valence-electron chi connectivity index (χ1n) is 9.62. The number of rotatable bonds is 2. The molecule has 3 heterocycles. The van der Waals surface area contributed by atoms with E-state index in [1.807, 2.05) is 0 Å². The fourth-order valence-corrected chi connectivity index (χ4v) is 4.93. The molecule has 146 valence electrons. The second-order valence-electron chi connectivity index (χ2n) is 7.31. The van der Waals surface area contributed by atoms with Crippen LogP contribution in [-0.4, -0.2) is 27.0 Å². The number of nitrogens with zero attached hydrogens (tertiary/aromatic N) is 3. The number of carbonyl (C=O) groups is 1. The van der Waals surface area contributed by atoms with Crippen LogP contribution < -0.4 is 5.43 Å². The van der Waals surface area contributed by atoms with Gasteiger partial charge < -0.3 is 4.42 Å². The summed E-state index contributed by atoms with van der Waals surface area (Å²) in [6.45, 7) is 0. The summed E-state index contributed by atoms with van der Waals surface area (Å²) in [6, 6.07) is 6.92. The molecule has 2 aromatic rings. The molecule has 0 unspecified atom stereocenters. The van der Waals surface area contributed by atoms with Crippen molar-refractivity contribution in [1.82, 2.24) is 5.01 Å². The topological polar surface area (TPSA) is 99.1 Å². The van der Waals surface area contributed by atoms with Crippen LogP contribution in [0.4, 0.5) is 0 Å². The van der Waals surface area contributed by atoms with Gasteiger partial charge in [-0.25, -0.2) is 0 Å². The molecule has 5 rings (SSSR count). The predicted octanol–water partition coefficient (Wildman–Crippen LogP) is 3.99. The number of benzene rings is 1. The van der Waals surface area contributed by atoms with E-state index in [-0.39, 0.29) is 22.4 Å². The molecule has 1 fully saturated rings. The molecule has 0 saturated heterocycles. The molecule has 29 heavy (non-hydrogen) atoms. The number of nitrogens with one attached hydrogen (secondary N) is 1. The van der Waals surface area contributed by atoms with Gasteiger partial charge in [0.05, 0.1) is 16.5 Å². The van der Waals surface area contributed by atoms with E-state index in [1.165, 1.54) is 48.4 Å². The van der Waals surface area contributed by atoms with E-state index in [9.17, 15) is 9.59 Å². The van der Waals surface area contributed by atoms with Crippen molar-refractivity contribution < 1.29 is 9.21 Å². The maximum Gasteiger partial charge on any atom is 0.283 e. The first-order valence-corrected chi connectivity index (χ1v) is 10.4. The van der Waals surface area contributed by atoms with Crippen molar-refractivity contribution in [3.63, 3.8) is 0 Å². The molecular formula is C21H18N4O3S. The number of hydrogen-bond donors (Lipinski definition) is 1. The van der Waals surface area contributed by atoms with Gasteiger partial charge >= 0.3 is 0 Å². The first kappa shape index (κ1) is 18.1. The minimum Gasteiger partial charge on any atom is -0.463 e. The molecule has 0 spiro atoms. The standard InChI is InChI=1S/C21H18N4O3S/c22-18-15(10-13-11-28-16-9-5-4-8-14(16)17(13)26)19(27)23-21-25(18)24-20(29-21)12-6-2-1-3-7-12/h4-5,8-12,22H,1-3,6-7H2/b15-10+,22-18?. The molecule has 1 aromatic carbocycles. The number of hydrazone groups is 1. The lowest BCUT2D eigenvalue weighted by Gasteiger charge is -2.20. The maximum absolute atomic E-state index is 12.7. The Hall–Kier alpha value is -3.00. The van der Waals surface area contributed by atoms with Gasteiger partial charge in [0.2, 0.25) is 5.17 Å². The van der Waals surface area contributed by atoms with Crippen molar-refractivity contribution in [3.8, 4) is 0 Å². The highest BCUT2D eigenvalue weighted by molar-refractivity contribution is 8.27. The van der Waals surface area contributed by atoms with Crippen LogP contribution in [0.2, 0.25) is 0 Å². The summed E-state index contributed by atoms with van der Waals surface area (Å²) in [4.78, 5) is 29.4. The number of carbonyl (C=O) groups excluding carboxylic acids is 1. The zero-order valence-electron chi connectivity index (χ0n) is 15.6. The SMILES string of the molecule is N=C1/C(=C\c2coc3ccccc3c2=O)C(=O)N=C2SC(C3CCCCC3)=NN12. The predicted molar refractivity (Wildman–Crippen MR) is 114 cm³/mol. The summed E-state index contributed by atoms with van der Waals surface area (Å²) in [5.74, 6) is -0.239.